The van der Waals surface area contributed by atoms with Crippen molar-refractivity contribution in [3.63, 3.8) is 0 Å². The summed E-state index contributed by atoms with van der Waals surface area (Å²) in [6.07, 6.45) is 4.05. The lowest BCUT2D eigenvalue weighted by atomic mass is 10.2. The smallest absolute Gasteiger partial charge is 0.163 e. The van der Waals surface area contributed by atoms with Crippen molar-refractivity contribution in [2.45, 2.75) is 26.7 Å². The first kappa shape index (κ1) is 14.4. The molecule has 3 nitrogen and oxygen atoms in total. The number of benzene rings is 1. The van der Waals surface area contributed by atoms with Gasteiger partial charge in [-0.15, -0.1) is 6.58 Å². The number of unbranched alkanes of at least 4 members (excludes halogenated alkanes) is 1. The molecule has 0 amide bonds. The quantitative estimate of drug-likeness (QED) is 0.532. The van der Waals surface area contributed by atoms with Gasteiger partial charge in [-0.05, 0) is 38.8 Å². The van der Waals surface area contributed by atoms with Crippen molar-refractivity contribution >= 4 is 5.69 Å². The van der Waals surface area contributed by atoms with Gasteiger partial charge in [-0.1, -0.05) is 6.08 Å². The highest BCUT2D eigenvalue weighted by Gasteiger charge is 2.05. The lowest BCUT2D eigenvalue weighted by Gasteiger charge is -2.13. The van der Waals surface area contributed by atoms with Crippen LogP contribution in [0.1, 0.15) is 26.7 Å². The molecule has 3 heteroatoms. The van der Waals surface area contributed by atoms with Crippen LogP contribution in [0.25, 0.3) is 0 Å². The molecule has 1 aromatic carbocycles. The van der Waals surface area contributed by atoms with Crippen LogP contribution in [0.3, 0.4) is 0 Å². The highest BCUT2D eigenvalue weighted by atomic mass is 16.5. The Morgan fingerprint density at radius 1 is 1.17 bits per heavy atom. The Bertz CT molecular complexity index is 364. The van der Waals surface area contributed by atoms with E-state index >= 15 is 0 Å². The van der Waals surface area contributed by atoms with Gasteiger partial charge in [0, 0.05) is 18.3 Å². The van der Waals surface area contributed by atoms with Crippen LogP contribution in [0.4, 0.5) is 5.69 Å². The maximum Gasteiger partial charge on any atom is 0.163 e. The highest BCUT2D eigenvalue weighted by Crippen LogP contribution is 2.30. The molecule has 0 heterocycles. The van der Waals surface area contributed by atoms with E-state index in [0.29, 0.717) is 13.2 Å². The molecule has 0 aliphatic carbocycles. The summed E-state index contributed by atoms with van der Waals surface area (Å²) in [6, 6.07) is 5.95. The van der Waals surface area contributed by atoms with Crippen molar-refractivity contribution in [1.29, 1.82) is 0 Å². The Hall–Kier alpha value is -1.64. The van der Waals surface area contributed by atoms with Gasteiger partial charge in [0.25, 0.3) is 0 Å². The fourth-order valence-electron chi connectivity index (χ4n) is 1.64. The molecule has 0 saturated carbocycles. The molecule has 0 aliphatic rings. The first-order valence-corrected chi connectivity index (χ1v) is 6.56. The Kier molecular flexibility index (Phi) is 6.77. The van der Waals surface area contributed by atoms with Crippen molar-refractivity contribution in [3.8, 4) is 11.5 Å². The maximum atomic E-state index is 5.58. The molecule has 1 rings (SSSR count). The summed E-state index contributed by atoms with van der Waals surface area (Å²) in [6.45, 7) is 9.87. The third-order valence-corrected chi connectivity index (χ3v) is 2.46. The van der Waals surface area contributed by atoms with Gasteiger partial charge >= 0.3 is 0 Å². The first-order chi connectivity index (χ1) is 8.81. The second-order valence-corrected chi connectivity index (χ2v) is 3.89. The van der Waals surface area contributed by atoms with Gasteiger partial charge in [-0.25, -0.2) is 0 Å². The van der Waals surface area contributed by atoms with Crippen LogP contribution in [-0.4, -0.2) is 19.8 Å². The number of allylic oxidation sites excluding steroid dienone is 1. The van der Waals surface area contributed by atoms with Crippen LogP contribution in [0.5, 0.6) is 11.5 Å². The molecule has 0 unspecified atom stereocenters. The van der Waals surface area contributed by atoms with Crippen LogP contribution in [0.2, 0.25) is 0 Å². The Balaban J connectivity index is 2.63. The van der Waals surface area contributed by atoms with E-state index in [1.807, 2.05) is 38.1 Å². The van der Waals surface area contributed by atoms with Gasteiger partial charge in [-0.2, -0.15) is 0 Å². The molecule has 0 fully saturated rings. The summed E-state index contributed by atoms with van der Waals surface area (Å²) in [5.41, 5.74) is 1.06. The fraction of sp³-hybridized carbons (Fsp3) is 0.467. The fourth-order valence-corrected chi connectivity index (χ4v) is 1.64. The molecule has 1 N–H and O–H groups in total. The Morgan fingerprint density at radius 3 is 2.56 bits per heavy atom. The number of hydrogen-bond donors (Lipinski definition) is 1. The number of rotatable bonds is 9. The van der Waals surface area contributed by atoms with Crippen LogP contribution in [0.15, 0.2) is 30.9 Å². The SMILES string of the molecule is C=CCCCNc1ccc(OCC)c(OCC)c1. The molecule has 100 valence electrons. The van der Waals surface area contributed by atoms with E-state index in [0.717, 1.165) is 36.6 Å². The predicted octanol–water partition coefficient (Wildman–Crippen LogP) is 3.86. The van der Waals surface area contributed by atoms with Crippen LogP contribution < -0.4 is 14.8 Å². The summed E-state index contributed by atoms with van der Waals surface area (Å²) in [7, 11) is 0. The van der Waals surface area contributed by atoms with Crippen LogP contribution in [0, 0.1) is 0 Å². The topological polar surface area (TPSA) is 30.5 Å². The van der Waals surface area contributed by atoms with Crippen LogP contribution in [-0.2, 0) is 0 Å². The first-order valence-electron chi connectivity index (χ1n) is 6.56. The van der Waals surface area contributed by atoms with E-state index in [1.165, 1.54) is 0 Å². The van der Waals surface area contributed by atoms with Gasteiger partial charge in [0.15, 0.2) is 11.5 Å². The lowest BCUT2D eigenvalue weighted by molar-refractivity contribution is 0.288. The average Bonchev–Trinajstić information content (AvgIpc) is 2.38. The molecule has 0 aliphatic heterocycles. The third kappa shape index (κ3) is 4.70. The lowest BCUT2D eigenvalue weighted by Crippen LogP contribution is -2.03. The normalized spacial score (nSPS) is 9.89. The van der Waals surface area contributed by atoms with Crippen molar-refractivity contribution in [1.82, 2.24) is 0 Å². The molecular formula is C15H23NO2. The Labute approximate surface area is 110 Å². The molecule has 1 aromatic rings. The second-order valence-electron chi connectivity index (χ2n) is 3.89. The van der Waals surface area contributed by atoms with Crippen LogP contribution >= 0.6 is 0 Å². The minimum absolute atomic E-state index is 0.639. The van der Waals surface area contributed by atoms with E-state index < -0.39 is 0 Å². The van der Waals surface area contributed by atoms with Gasteiger partial charge in [0.2, 0.25) is 0 Å². The molecule has 0 saturated heterocycles. The zero-order valence-corrected chi connectivity index (χ0v) is 11.4. The maximum absolute atomic E-state index is 5.58. The predicted molar refractivity (Wildman–Crippen MR) is 76.7 cm³/mol. The zero-order chi connectivity index (χ0) is 13.2. The number of nitrogens with one attached hydrogen (secondary N) is 1. The summed E-state index contributed by atoms with van der Waals surface area (Å²) in [5, 5.41) is 3.36. The molecule has 0 radical (unpaired) electrons. The molecule has 0 bridgehead atoms. The van der Waals surface area contributed by atoms with Gasteiger partial charge < -0.3 is 14.8 Å². The second kappa shape index (κ2) is 8.45. The third-order valence-electron chi connectivity index (χ3n) is 2.46. The molecule has 0 aromatic heterocycles. The summed E-state index contributed by atoms with van der Waals surface area (Å²) >= 11 is 0. The molecule has 0 spiro atoms. The zero-order valence-electron chi connectivity index (χ0n) is 11.4. The monoisotopic (exact) mass is 249 g/mol. The van der Waals surface area contributed by atoms with Crippen molar-refractivity contribution in [2.75, 3.05) is 25.1 Å². The summed E-state index contributed by atoms with van der Waals surface area (Å²) < 4.78 is 11.1. The Morgan fingerprint density at radius 2 is 1.89 bits per heavy atom. The summed E-state index contributed by atoms with van der Waals surface area (Å²) in [5.74, 6) is 1.60. The molecule has 18 heavy (non-hydrogen) atoms. The van der Waals surface area contributed by atoms with Gasteiger partial charge in [0.05, 0.1) is 13.2 Å². The standard InChI is InChI=1S/C15H23NO2/c1-4-7-8-11-16-13-9-10-14(17-5-2)15(12-13)18-6-3/h4,9-10,12,16H,1,5-8,11H2,2-3H3. The van der Waals surface area contributed by atoms with Gasteiger partial charge in [-0.3, -0.25) is 0 Å². The number of hydrogen-bond acceptors (Lipinski definition) is 3. The van der Waals surface area contributed by atoms with Gasteiger partial charge in [0.1, 0.15) is 0 Å². The molecular weight excluding hydrogens is 226 g/mol. The molecule has 0 atom stereocenters. The van der Waals surface area contributed by atoms with Crippen molar-refractivity contribution in [2.24, 2.45) is 0 Å². The van der Waals surface area contributed by atoms with E-state index in [1.54, 1.807) is 0 Å². The minimum atomic E-state index is 0.639. The highest BCUT2D eigenvalue weighted by molar-refractivity contribution is 5.54. The van der Waals surface area contributed by atoms with E-state index in [2.05, 4.69) is 11.9 Å². The summed E-state index contributed by atoms with van der Waals surface area (Å²) in [4.78, 5) is 0. The van der Waals surface area contributed by atoms with Crippen molar-refractivity contribution < 1.29 is 9.47 Å². The van der Waals surface area contributed by atoms with E-state index in [9.17, 15) is 0 Å². The largest absolute Gasteiger partial charge is 0.490 e. The van der Waals surface area contributed by atoms with Crippen molar-refractivity contribution in [3.05, 3.63) is 30.9 Å². The van der Waals surface area contributed by atoms with E-state index in [4.69, 9.17) is 9.47 Å². The number of anilines is 1. The number of ether oxygens (including phenoxy) is 2. The minimum Gasteiger partial charge on any atom is -0.490 e. The van der Waals surface area contributed by atoms with E-state index in [-0.39, 0.29) is 0 Å². The average molecular weight is 249 g/mol.